The first-order valence-corrected chi connectivity index (χ1v) is 13.0. The Morgan fingerprint density at radius 2 is 1.86 bits per heavy atom. The number of carbonyl (C=O) groups is 2. The maximum atomic E-state index is 13.3. The minimum atomic E-state index is -3.48. The Labute approximate surface area is 205 Å². The molecule has 0 spiro atoms. The molecule has 0 radical (unpaired) electrons. The van der Waals surface area contributed by atoms with Crippen molar-refractivity contribution in [1.29, 1.82) is 0 Å². The van der Waals surface area contributed by atoms with Crippen molar-refractivity contribution in [3.05, 3.63) is 59.7 Å². The van der Waals surface area contributed by atoms with Crippen LogP contribution >= 0.6 is 0 Å². The Bertz CT molecular complexity index is 1140. The van der Waals surface area contributed by atoms with Gasteiger partial charge in [-0.1, -0.05) is 30.3 Å². The number of benzene rings is 2. The van der Waals surface area contributed by atoms with Crippen LogP contribution in [0.4, 0.5) is 10.5 Å². The molecule has 10 nitrogen and oxygen atoms in total. The molecule has 0 aliphatic carbocycles. The van der Waals surface area contributed by atoms with Crippen LogP contribution in [0.25, 0.3) is 0 Å². The molecule has 1 fully saturated rings. The monoisotopic (exact) mass is 505 g/mol. The number of sulfonamides is 1. The standard InChI is InChI=1S/C24H31N3O7S/c1-16(2)34-20-13-18(12-19(14-20)27-9-6-10-35(27,32)33)23(29)26-21(22(28)15-25-24(30)31)11-17-7-4-3-5-8-17/h3-5,7-8,12-14,16,21-22,25,28H,6,9-11,15H2,1-2H3,(H,26,29)(H,30,31)/t21-,22+/m0/s1. The van der Waals surface area contributed by atoms with Crippen molar-refractivity contribution < 1.29 is 33.0 Å². The summed E-state index contributed by atoms with van der Waals surface area (Å²) in [5, 5.41) is 24.4. The summed E-state index contributed by atoms with van der Waals surface area (Å²) in [6.07, 6.45) is -1.95. The van der Waals surface area contributed by atoms with E-state index in [0.29, 0.717) is 24.4 Å². The molecule has 3 rings (SSSR count). The number of carboxylic acid groups (broad SMARTS) is 1. The van der Waals surface area contributed by atoms with Crippen molar-refractivity contribution in [3.8, 4) is 5.75 Å². The van der Waals surface area contributed by atoms with Gasteiger partial charge in [0.1, 0.15) is 5.75 Å². The van der Waals surface area contributed by atoms with Gasteiger partial charge in [-0.05, 0) is 44.4 Å². The van der Waals surface area contributed by atoms with Crippen LogP contribution < -0.4 is 19.7 Å². The van der Waals surface area contributed by atoms with Crippen molar-refractivity contribution in [2.24, 2.45) is 0 Å². The molecule has 1 aliphatic rings. The average Bonchev–Trinajstić information content (AvgIpc) is 3.15. The van der Waals surface area contributed by atoms with Crippen molar-refractivity contribution in [2.45, 2.75) is 44.9 Å². The zero-order chi connectivity index (χ0) is 25.6. The summed E-state index contributed by atoms with van der Waals surface area (Å²) in [4.78, 5) is 24.2. The molecular weight excluding hydrogens is 474 g/mol. The molecule has 1 aliphatic heterocycles. The highest BCUT2D eigenvalue weighted by Crippen LogP contribution is 2.30. The van der Waals surface area contributed by atoms with E-state index in [1.165, 1.54) is 16.4 Å². The smallest absolute Gasteiger partial charge is 0.404 e. The fourth-order valence-corrected chi connectivity index (χ4v) is 5.41. The van der Waals surface area contributed by atoms with E-state index in [1.807, 2.05) is 44.2 Å². The quantitative estimate of drug-likeness (QED) is 0.386. The van der Waals surface area contributed by atoms with Crippen molar-refractivity contribution in [1.82, 2.24) is 10.6 Å². The van der Waals surface area contributed by atoms with Crippen LogP contribution in [0.15, 0.2) is 48.5 Å². The average molecular weight is 506 g/mol. The van der Waals surface area contributed by atoms with Gasteiger partial charge in [-0.25, -0.2) is 13.2 Å². The van der Waals surface area contributed by atoms with Crippen LogP contribution in [-0.2, 0) is 16.4 Å². The van der Waals surface area contributed by atoms with E-state index in [1.54, 1.807) is 6.07 Å². The molecular formula is C24H31N3O7S. The Morgan fingerprint density at radius 1 is 1.14 bits per heavy atom. The van der Waals surface area contributed by atoms with Crippen LogP contribution in [0.5, 0.6) is 5.75 Å². The number of aliphatic hydroxyl groups excluding tert-OH is 1. The number of ether oxygens (including phenoxy) is 1. The lowest BCUT2D eigenvalue weighted by atomic mass is 10.0. The minimum absolute atomic E-state index is 0.0334. The van der Waals surface area contributed by atoms with E-state index in [2.05, 4.69) is 10.6 Å². The Hall–Kier alpha value is -3.31. The second kappa shape index (κ2) is 11.4. The molecule has 0 aromatic heterocycles. The summed E-state index contributed by atoms with van der Waals surface area (Å²) < 4.78 is 32.0. The lowest BCUT2D eigenvalue weighted by Crippen LogP contribution is -2.49. The maximum absolute atomic E-state index is 13.3. The Balaban J connectivity index is 1.89. The summed E-state index contributed by atoms with van der Waals surface area (Å²) in [5.74, 6) is -0.170. The molecule has 35 heavy (non-hydrogen) atoms. The molecule has 1 saturated heterocycles. The summed E-state index contributed by atoms with van der Waals surface area (Å²) in [7, 11) is -3.48. The summed E-state index contributed by atoms with van der Waals surface area (Å²) in [6, 6.07) is 12.9. The predicted octanol–water partition coefficient (Wildman–Crippen LogP) is 1.98. The van der Waals surface area contributed by atoms with Gasteiger partial charge in [0.2, 0.25) is 10.0 Å². The number of nitrogens with zero attached hydrogens (tertiary/aromatic N) is 1. The van der Waals surface area contributed by atoms with Crippen molar-refractivity contribution >= 4 is 27.7 Å². The molecule has 2 atom stereocenters. The van der Waals surface area contributed by atoms with Crippen LogP contribution in [-0.4, -0.2) is 67.7 Å². The third-order valence-corrected chi connectivity index (χ3v) is 7.32. The van der Waals surface area contributed by atoms with E-state index in [-0.39, 0.29) is 30.4 Å². The van der Waals surface area contributed by atoms with Gasteiger partial charge in [-0.2, -0.15) is 0 Å². The fourth-order valence-electron chi connectivity index (χ4n) is 3.87. The van der Waals surface area contributed by atoms with Gasteiger partial charge in [-0.15, -0.1) is 0 Å². The van der Waals surface area contributed by atoms with Crippen LogP contribution in [0.1, 0.15) is 36.2 Å². The third kappa shape index (κ3) is 7.33. The van der Waals surface area contributed by atoms with Crippen molar-refractivity contribution in [3.63, 3.8) is 0 Å². The van der Waals surface area contributed by atoms with Gasteiger partial charge >= 0.3 is 6.09 Å². The highest BCUT2D eigenvalue weighted by atomic mass is 32.2. The maximum Gasteiger partial charge on any atom is 0.404 e. The van der Waals surface area contributed by atoms with E-state index in [0.717, 1.165) is 5.56 Å². The summed E-state index contributed by atoms with van der Waals surface area (Å²) in [6.45, 7) is 3.67. The second-order valence-electron chi connectivity index (χ2n) is 8.65. The summed E-state index contributed by atoms with van der Waals surface area (Å²) >= 11 is 0. The van der Waals surface area contributed by atoms with Gasteiger partial charge in [0.25, 0.3) is 5.91 Å². The lowest BCUT2D eigenvalue weighted by molar-refractivity contribution is 0.0829. The first-order chi connectivity index (χ1) is 16.5. The molecule has 1 heterocycles. The van der Waals surface area contributed by atoms with E-state index >= 15 is 0 Å². The molecule has 2 aromatic carbocycles. The van der Waals surface area contributed by atoms with E-state index in [4.69, 9.17) is 9.84 Å². The molecule has 4 N–H and O–H groups in total. The van der Waals surface area contributed by atoms with Gasteiger partial charge in [0.05, 0.1) is 29.7 Å². The summed E-state index contributed by atoms with van der Waals surface area (Å²) in [5.41, 5.74) is 1.34. The molecule has 0 unspecified atom stereocenters. The lowest BCUT2D eigenvalue weighted by Gasteiger charge is -2.25. The predicted molar refractivity (Wildman–Crippen MR) is 131 cm³/mol. The van der Waals surface area contributed by atoms with Crippen LogP contribution in [0, 0.1) is 0 Å². The Morgan fingerprint density at radius 3 is 2.46 bits per heavy atom. The van der Waals surface area contributed by atoms with Gasteiger partial charge in [0.15, 0.2) is 0 Å². The first-order valence-electron chi connectivity index (χ1n) is 11.4. The van der Waals surface area contributed by atoms with E-state index < -0.39 is 34.2 Å². The highest BCUT2D eigenvalue weighted by Gasteiger charge is 2.30. The topological polar surface area (TPSA) is 145 Å². The van der Waals surface area contributed by atoms with Crippen LogP contribution in [0.2, 0.25) is 0 Å². The number of aliphatic hydroxyl groups is 1. The first kappa shape index (κ1) is 26.3. The third-order valence-electron chi connectivity index (χ3n) is 5.45. The largest absolute Gasteiger partial charge is 0.491 e. The SMILES string of the molecule is CC(C)Oc1cc(C(=O)N[C@@H](Cc2ccccc2)[C@H](O)CNC(=O)O)cc(N2CCCS2(=O)=O)c1. The number of hydrogen-bond donors (Lipinski definition) is 4. The van der Waals surface area contributed by atoms with Gasteiger partial charge < -0.3 is 25.6 Å². The fraction of sp³-hybridized carbons (Fsp3) is 0.417. The number of nitrogens with one attached hydrogen (secondary N) is 2. The number of carbonyl (C=O) groups excluding carboxylic acids is 1. The normalized spacial score (nSPS) is 16.5. The highest BCUT2D eigenvalue weighted by molar-refractivity contribution is 7.93. The zero-order valence-corrected chi connectivity index (χ0v) is 20.5. The second-order valence-corrected chi connectivity index (χ2v) is 10.7. The molecule has 0 bridgehead atoms. The molecule has 11 heteroatoms. The Kier molecular flexibility index (Phi) is 8.57. The van der Waals surface area contributed by atoms with Crippen LogP contribution in [0.3, 0.4) is 0 Å². The van der Waals surface area contributed by atoms with E-state index in [9.17, 15) is 23.1 Å². The minimum Gasteiger partial charge on any atom is -0.491 e. The number of anilines is 1. The van der Waals surface area contributed by atoms with Crippen molar-refractivity contribution in [2.75, 3.05) is 23.1 Å². The number of rotatable bonds is 10. The van der Waals surface area contributed by atoms with Gasteiger partial charge in [0, 0.05) is 24.7 Å². The number of amides is 2. The molecule has 0 saturated carbocycles. The molecule has 190 valence electrons. The van der Waals surface area contributed by atoms with Gasteiger partial charge in [-0.3, -0.25) is 9.10 Å². The molecule has 2 aromatic rings. The number of hydrogen-bond acceptors (Lipinski definition) is 6. The molecule has 2 amide bonds. The zero-order valence-electron chi connectivity index (χ0n) is 19.7.